The predicted molar refractivity (Wildman–Crippen MR) is 104 cm³/mol. The molecule has 0 saturated heterocycles. The minimum atomic E-state index is -0.682. The summed E-state index contributed by atoms with van der Waals surface area (Å²) in [7, 11) is 0. The van der Waals surface area contributed by atoms with Crippen LogP contribution in [-0.2, 0) is 9.47 Å². The summed E-state index contributed by atoms with van der Waals surface area (Å²) in [5, 5.41) is 3.16. The number of nitrogens with zero attached hydrogens (tertiary/aromatic N) is 1. The summed E-state index contributed by atoms with van der Waals surface area (Å²) in [6.45, 7) is 10.9. The summed E-state index contributed by atoms with van der Waals surface area (Å²) in [4.78, 5) is 25.7. The van der Waals surface area contributed by atoms with Crippen molar-refractivity contribution in [2.45, 2.75) is 52.7 Å². The van der Waals surface area contributed by atoms with Gasteiger partial charge in [0, 0.05) is 13.1 Å². The van der Waals surface area contributed by atoms with Gasteiger partial charge in [-0.3, -0.25) is 4.90 Å². The van der Waals surface area contributed by atoms with Crippen molar-refractivity contribution in [3.05, 3.63) is 28.2 Å². The van der Waals surface area contributed by atoms with Crippen LogP contribution in [0, 0.1) is 0 Å². The molecule has 0 bridgehead atoms. The Bertz CT molecular complexity index is 652. The van der Waals surface area contributed by atoms with Crippen LogP contribution >= 0.6 is 23.2 Å². The van der Waals surface area contributed by atoms with Crippen molar-refractivity contribution in [3.8, 4) is 0 Å². The highest BCUT2D eigenvalue weighted by molar-refractivity contribution is 6.44. The SMILES string of the molecule is CC(C)(C)OC(=O)NCCN(C(=O)OC(C)(C)C)c1cccc(Cl)c1Cl. The van der Waals surface area contributed by atoms with Gasteiger partial charge in [-0.15, -0.1) is 0 Å². The molecule has 1 N–H and O–H groups in total. The zero-order chi connectivity index (χ0) is 20.1. The predicted octanol–water partition coefficient (Wildman–Crippen LogP) is 5.26. The van der Waals surface area contributed by atoms with Crippen LogP contribution in [0.2, 0.25) is 10.0 Å². The van der Waals surface area contributed by atoms with Crippen molar-refractivity contribution in [2.24, 2.45) is 0 Å². The molecule has 8 heteroatoms. The molecule has 0 aliphatic carbocycles. The van der Waals surface area contributed by atoms with E-state index in [9.17, 15) is 9.59 Å². The largest absolute Gasteiger partial charge is 0.444 e. The number of hydrogen-bond donors (Lipinski definition) is 1. The molecule has 0 heterocycles. The number of rotatable bonds is 4. The van der Waals surface area contributed by atoms with E-state index >= 15 is 0 Å². The summed E-state index contributed by atoms with van der Waals surface area (Å²) in [5.41, 5.74) is -0.885. The van der Waals surface area contributed by atoms with Crippen LogP contribution in [0.4, 0.5) is 15.3 Å². The highest BCUT2D eigenvalue weighted by Gasteiger charge is 2.26. The molecule has 0 radical (unpaired) electrons. The van der Waals surface area contributed by atoms with Gasteiger partial charge in [-0.05, 0) is 53.7 Å². The molecule has 0 atom stereocenters. The fraction of sp³-hybridized carbons (Fsp3) is 0.556. The summed E-state index contributed by atoms with van der Waals surface area (Å²) in [6.07, 6.45) is -1.16. The molecule has 0 aliphatic rings. The molecule has 1 aromatic carbocycles. The van der Waals surface area contributed by atoms with Crippen LogP contribution in [0.3, 0.4) is 0 Å². The third-order valence-electron chi connectivity index (χ3n) is 2.84. The van der Waals surface area contributed by atoms with Crippen molar-refractivity contribution in [1.29, 1.82) is 0 Å². The van der Waals surface area contributed by atoms with E-state index < -0.39 is 23.4 Å². The Labute approximate surface area is 164 Å². The van der Waals surface area contributed by atoms with Gasteiger partial charge in [0.2, 0.25) is 0 Å². The topological polar surface area (TPSA) is 67.9 Å². The average Bonchev–Trinajstić information content (AvgIpc) is 2.43. The average molecular weight is 405 g/mol. The summed E-state index contributed by atoms with van der Waals surface area (Å²) >= 11 is 12.3. The van der Waals surface area contributed by atoms with E-state index in [-0.39, 0.29) is 18.1 Å². The lowest BCUT2D eigenvalue weighted by Crippen LogP contribution is -2.42. The van der Waals surface area contributed by atoms with Crippen LogP contribution in [0.25, 0.3) is 0 Å². The van der Waals surface area contributed by atoms with Crippen LogP contribution in [-0.4, -0.2) is 36.5 Å². The number of amides is 2. The number of carbonyl (C=O) groups excluding carboxylic acids is 2. The zero-order valence-corrected chi connectivity index (χ0v) is 17.5. The number of anilines is 1. The molecule has 1 aromatic rings. The van der Waals surface area contributed by atoms with Gasteiger partial charge in [-0.25, -0.2) is 9.59 Å². The number of hydrogen-bond acceptors (Lipinski definition) is 4. The number of ether oxygens (including phenoxy) is 2. The quantitative estimate of drug-likeness (QED) is 0.742. The summed E-state index contributed by atoms with van der Waals surface area (Å²) < 4.78 is 10.6. The van der Waals surface area contributed by atoms with Gasteiger partial charge in [0.05, 0.1) is 15.7 Å². The second-order valence-electron chi connectivity index (χ2n) is 7.63. The monoisotopic (exact) mass is 404 g/mol. The lowest BCUT2D eigenvalue weighted by Gasteiger charge is -2.28. The summed E-state index contributed by atoms with van der Waals surface area (Å²) in [6, 6.07) is 4.97. The van der Waals surface area contributed by atoms with Crippen LogP contribution in [0.1, 0.15) is 41.5 Å². The maximum absolute atomic E-state index is 12.6. The van der Waals surface area contributed by atoms with E-state index in [1.807, 2.05) is 0 Å². The molecule has 0 saturated carbocycles. The molecule has 6 nitrogen and oxygen atoms in total. The van der Waals surface area contributed by atoms with Gasteiger partial charge in [0.1, 0.15) is 11.2 Å². The molecular formula is C18H26Cl2N2O4. The normalized spacial score (nSPS) is 11.7. The van der Waals surface area contributed by atoms with E-state index in [1.54, 1.807) is 59.7 Å². The summed E-state index contributed by atoms with van der Waals surface area (Å²) in [5.74, 6) is 0. The number of carbonyl (C=O) groups is 2. The first-order valence-corrected chi connectivity index (χ1v) is 8.97. The second kappa shape index (κ2) is 8.82. The highest BCUT2D eigenvalue weighted by atomic mass is 35.5. The maximum atomic E-state index is 12.6. The number of nitrogens with one attached hydrogen (secondary N) is 1. The lowest BCUT2D eigenvalue weighted by atomic mass is 10.2. The van der Waals surface area contributed by atoms with Crippen LogP contribution in [0.15, 0.2) is 18.2 Å². The van der Waals surface area contributed by atoms with E-state index in [0.717, 1.165) is 0 Å². The fourth-order valence-corrected chi connectivity index (χ4v) is 2.31. The van der Waals surface area contributed by atoms with Gasteiger partial charge in [-0.1, -0.05) is 29.3 Å². The van der Waals surface area contributed by atoms with Gasteiger partial charge < -0.3 is 14.8 Å². The highest BCUT2D eigenvalue weighted by Crippen LogP contribution is 2.33. The first-order valence-electron chi connectivity index (χ1n) is 8.21. The molecular weight excluding hydrogens is 379 g/mol. The smallest absolute Gasteiger partial charge is 0.414 e. The molecule has 146 valence electrons. The van der Waals surface area contributed by atoms with E-state index in [1.165, 1.54) is 4.90 Å². The first-order chi connectivity index (χ1) is 11.8. The van der Waals surface area contributed by atoms with E-state index in [2.05, 4.69) is 5.32 Å². The molecule has 0 unspecified atom stereocenters. The first kappa shape index (κ1) is 22.4. The number of benzene rings is 1. The Morgan fingerprint density at radius 3 is 2.15 bits per heavy atom. The molecule has 26 heavy (non-hydrogen) atoms. The Morgan fingerprint density at radius 2 is 1.62 bits per heavy atom. The second-order valence-corrected chi connectivity index (χ2v) is 8.42. The molecule has 0 spiro atoms. The van der Waals surface area contributed by atoms with Crippen LogP contribution in [0.5, 0.6) is 0 Å². The zero-order valence-electron chi connectivity index (χ0n) is 16.0. The number of halogens is 2. The van der Waals surface area contributed by atoms with Crippen molar-refractivity contribution in [2.75, 3.05) is 18.0 Å². The standard InChI is InChI=1S/C18H26Cl2N2O4/c1-17(2,3)25-15(23)21-10-11-22(16(24)26-18(4,5)6)13-9-7-8-12(19)14(13)20/h7-9H,10-11H2,1-6H3,(H,21,23). The molecule has 0 fully saturated rings. The Morgan fingerprint density at radius 1 is 1.04 bits per heavy atom. The van der Waals surface area contributed by atoms with Gasteiger partial charge in [0.25, 0.3) is 0 Å². The molecule has 0 aliphatic heterocycles. The third kappa shape index (κ3) is 7.70. The number of alkyl carbamates (subject to hydrolysis) is 1. The minimum absolute atomic E-state index is 0.133. The minimum Gasteiger partial charge on any atom is -0.444 e. The third-order valence-corrected chi connectivity index (χ3v) is 3.65. The lowest BCUT2D eigenvalue weighted by molar-refractivity contribution is 0.0513. The van der Waals surface area contributed by atoms with Crippen molar-refractivity contribution in [1.82, 2.24) is 5.32 Å². The van der Waals surface area contributed by atoms with Crippen LogP contribution < -0.4 is 10.2 Å². The van der Waals surface area contributed by atoms with Gasteiger partial charge in [0.15, 0.2) is 0 Å². The molecule has 0 aromatic heterocycles. The van der Waals surface area contributed by atoms with E-state index in [0.29, 0.717) is 10.7 Å². The molecule has 1 rings (SSSR count). The van der Waals surface area contributed by atoms with E-state index in [4.69, 9.17) is 32.7 Å². The van der Waals surface area contributed by atoms with Crippen molar-refractivity contribution in [3.63, 3.8) is 0 Å². The Kier molecular flexibility index (Phi) is 7.59. The Balaban J connectivity index is 2.90. The van der Waals surface area contributed by atoms with Gasteiger partial charge in [-0.2, -0.15) is 0 Å². The fourth-order valence-electron chi connectivity index (χ4n) is 1.91. The molecule has 2 amide bonds. The Hall–Kier alpha value is -1.66. The van der Waals surface area contributed by atoms with Crippen molar-refractivity contribution >= 4 is 41.1 Å². The van der Waals surface area contributed by atoms with Crippen molar-refractivity contribution < 1.29 is 19.1 Å². The maximum Gasteiger partial charge on any atom is 0.414 e. The van der Waals surface area contributed by atoms with Gasteiger partial charge >= 0.3 is 12.2 Å².